The molecule has 1 heterocycles. The molecule has 1 aliphatic heterocycles. The van der Waals surface area contributed by atoms with Gasteiger partial charge in [-0.1, -0.05) is 30.3 Å². The Balaban J connectivity index is 1.57. The summed E-state index contributed by atoms with van der Waals surface area (Å²) in [6, 6.07) is 17.5. The Kier molecular flexibility index (Phi) is 5.79. The van der Waals surface area contributed by atoms with Crippen molar-refractivity contribution in [3.63, 3.8) is 0 Å². The van der Waals surface area contributed by atoms with E-state index in [4.69, 9.17) is 0 Å². The van der Waals surface area contributed by atoms with E-state index in [2.05, 4.69) is 15.5 Å². The first-order valence-corrected chi connectivity index (χ1v) is 9.45. The van der Waals surface area contributed by atoms with Crippen LogP contribution in [0.2, 0.25) is 0 Å². The number of carbonyl (C=O) groups is 2. The fraction of sp³-hybridized carbons (Fsp3) is 0.364. The molecule has 1 saturated heterocycles. The largest absolute Gasteiger partial charge is 0.372 e. The van der Waals surface area contributed by atoms with Crippen LogP contribution in [0.1, 0.15) is 32.3 Å². The lowest BCUT2D eigenvalue weighted by Gasteiger charge is -2.23. The number of nitrogens with zero attached hydrogens (tertiary/aromatic N) is 1. The minimum atomic E-state index is -1.16. The lowest BCUT2D eigenvalue weighted by Crippen LogP contribution is -2.44. The summed E-state index contributed by atoms with van der Waals surface area (Å²) in [6.07, 6.45) is 2.45. The molecule has 2 N–H and O–H groups in total. The highest BCUT2D eigenvalue weighted by Crippen LogP contribution is 2.24. The Hall–Kier alpha value is -2.82. The zero-order chi connectivity index (χ0) is 19.3. The van der Waals surface area contributed by atoms with Gasteiger partial charge in [0, 0.05) is 31.0 Å². The van der Waals surface area contributed by atoms with Gasteiger partial charge in [-0.2, -0.15) is 0 Å². The topological polar surface area (TPSA) is 61.4 Å². The first-order chi connectivity index (χ1) is 13.0. The van der Waals surface area contributed by atoms with Gasteiger partial charge in [0.15, 0.2) is 0 Å². The van der Waals surface area contributed by atoms with E-state index < -0.39 is 5.41 Å². The number of nitrogens with one attached hydrogen (secondary N) is 2. The summed E-state index contributed by atoms with van der Waals surface area (Å²) in [5.41, 5.74) is 1.71. The third-order valence-corrected chi connectivity index (χ3v) is 5.03. The predicted molar refractivity (Wildman–Crippen MR) is 109 cm³/mol. The van der Waals surface area contributed by atoms with Crippen LogP contribution in [0.25, 0.3) is 0 Å². The van der Waals surface area contributed by atoms with Crippen molar-refractivity contribution in [3.05, 3.63) is 60.2 Å². The molecule has 2 aromatic carbocycles. The van der Waals surface area contributed by atoms with Gasteiger partial charge in [-0.15, -0.1) is 0 Å². The summed E-state index contributed by atoms with van der Waals surface area (Å²) in [6.45, 7) is 5.85. The van der Waals surface area contributed by atoms with Crippen molar-refractivity contribution in [3.8, 4) is 0 Å². The molecule has 0 atom stereocenters. The first kappa shape index (κ1) is 19.0. The number of hydrogen-bond donors (Lipinski definition) is 2. The van der Waals surface area contributed by atoms with Crippen LogP contribution in [0.5, 0.6) is 0 Å². The quantitative estimate of drug-likeness (QED) is 0.770. The van der Waals surface area contributed by atoms with Crippen LogP contribution in [-0.4, -0.2) is 24.9 Å². The van der Waals surface area contributed by atoms with Crippen molar-refractivity contribution >= 4 is 23.2 Å². The maximum absolute atomic E-state index is 12.6. The maximum atomic E-state index is 12.6. The second kappa shape index (κ2) is 8.25. The molecule has 0 aromatic heterocycles. The van der Waals surface area contributed by atoms with Crippen LogP contribution in [-0.2, 0) is 16.1 Å². The Labute approximate surface area is 160 Å². The third kappa shape index (κ3) is 4.67. The van der Waals surface area contributed by atoms with Crippen molar-refractivity contribution in [2.45, 2.75) is 33.2 Å². The van der Waals surface area contributed by atoms with Gasteiger partial charge in [-0.05, 0) is 56.5 Å². The molecule has 5 nitrogen and oxygen atoms in total. The maximum Gasteiger partial charge on any atom is 0.239 e. The van der Waals surface area contributed by atoms with E-state index in [1.165, 1.54) is 18.5 Å². The molecule has 0 unspecified atom stereocenters. The van der Waals surface area contributed by atoms with Crippen molar-refractivity contribution in [1.29, 1.82) is 0 Å². The van der Waals surface area contributed by atoms with Crippen LogP contribution in [0.4, 0.5) is 11.4 Å². The number of benzene rings is 2. The summed E-state index contributed by atoms with van der Waals surface area (Å²) in [5, 5.41) is 5.71. The van der Waals surface area contributed by atoms with Crippen molar-refractivity contribution in [1.82, 2.24) is 5.32 Å². The molecule has 5 heteroatoms. The number of hydrogen-bond acceptors (Lipinski definition) is 3. The molecule has 3 rings (SSSR count). The van der Waals surface area contributed by atoms with E-state index in [0.29, 0.717) is 12.2 Å². The Bertz CT molecular complexity index is 779. The summed E-state index contributed by atoms with van der Waals surface area (Å²) < 4.78 is 0. The van der Waals surface area contributed by atoms with Gasteiger partial charge in [0.25, 0.3) is 0 Å². The zero-order valence-electron chi connectivity index (χ0n) is 16.0. The Morgan fingerprint density at radius 3 is 2.19 bits per heavy atom. The van der Waals surface area contributed by atoms with Gasteiger partial charge in [-0.3, -0.25) is 9.59 Å². The van der Waals surface area contributed by atoms with Crippen molar-refractivity contribution in [2.75, 3.05) is 23.3 Å². The van der Waals surface area contributed by atoms with Gasteiger partial charge in [0.2, 0.25) is 11.8 Å². The van der Waals surface area contributed by atoms with Crippen LogP contribution in [0, 0.1) is 5.41 Å². The van der Waals surface area contributed by atoms with E-state index in [9.17, 15) is 9.59 Å². The molecule has 142 valence electrons. The van der Waals surface area contributed by atoms with Gasteiger partial charge in [-0.25, -0.2) is 0 Å². The summed E-state index contributed by atoms with van der Waals surface area (Å²) in [5.74, 6) is -0.612. The Morgan fingerprint density at radius 2 is 1.56 bits per heavy atom. The van der Waals surface area contributed by atoms with E-state index in [-0.39, 0.29) is 11.8 Å². The number of carbonyl (C=O) groups excluding carboxylic acids is 2. The first-order valence-electron chi connectivity index (χ1n) is 9.45. The second-order valence-electron chi connectivity index (χ2n) is 7.49. The molecule has 0 radical (unpaired) electrons. The highest BCUT2D eigenvalue weighted by atomic mass is 16.2. The van der Waals surface area contributed by atoms with Gasteiger partial charge in [0.1, 0.15) is 5.41 Å². The standard InChI is InChI=1S/C22H27N3O2/c1-22(2,20(26)23-16-17-8-4-3-5-9-17)21(27)24-18-10-12-19(13-11-18)25-14-6-7-15-25/h3-5,8-13H,6-7,14-16H2,1-2H3,(H,23,26)(H,24,27). The highest BCUT2D eigenvalue weighted by molar-refractivity contribution is 6.09. The van der Waals surface area contributed by atoms with Gasteiger partial charge in [0.05, 0.1) is 0 Å². The normalized spacial score (nSPS) is 14.1. The molecule has 0 aliphatic carbocycles. The third-order valence-electron chi connectivity index (χ3n) is 5.03. The minimum absolute atomic E-state index is 0.294. The number of rotatable bonds is 6. The molecule has 2 aromatic rings. The van der Waals surface area contributed by atoms with E-state index >= 15 is 0 Å². The van der Waals surface area contributed by atoms with Crippen molar-refractivity contribution in [2.24, 2.45) is 5.41 Å². The van der Waals surface area contributed by atoms with E-state index in [0.717, 1.165) is 18.7 Å². The molecule has 1 aliphatic rings. The lowest BCUT2D eigenvalue weighted by molar-refractivity contribution is -0.138. The predicted octanol–water partition coefficient (Wildman–Crippen LogP) is 3.57. The molecule has 27 heavy (non-hydrogen) atoms. The van der Waals surface area contributed by atoms with Crippen LogP contribution < -0.4 is 15.5 Å². The molecule has 0 saturated carbocycles. The fourth-order valence-electron chi connectivity index (χ4n) is 3.12. The average molecular weight is 365 g/mol. The molecule has 0 spiro atoms. The summed E-state index contributed by atoms with van der Waals surface area (Å²) in [4.78, 5) is 27.5. The van der Waals surface area contributed by atoms with Gasteiger partial charge < -0.3 is 15.5 Å². The minimum Gasteiger partial charge on any atom is -0.372 e. The van der Waals surface area contributed by atoms with Crippen LogP contribution in [0.3, 0.4) is 0 Å². The van der Waals surface area contributed by atoms with Gasteiger partial charge >= 0.3 is 0 Å². The molecular formula is C22H27N3O2. The van der Waals surface area contributed by atoms with E-state index in [1.54, 1.807) is 13.8 Å². The summed E-state index contributed by atoms with van der Waals surface area (Å²) >= 11 is 0. The number of amides is 2. The highest BCUT2D eigenvalue weighted by Gasteiger charge is 2.35. The van der Waals surface area contributed by atoms with Crippen molar-refractivity contribution < 1.29 is 9.59 Å². The smallest absolute Gasteiger partial charge is 0.239 e. The Morgan fingerprint density at radius 1 is 0.926 bits per heavy atom. The monoisotopic (exact) mass is 365 g/mol. The van der Waals surface area contributed by atoms with E-state index in [1.807, 2.05) is 54.6 Å². The molecule has 1 fully saturated rings. The van der Waals surface area contributed by atoms with Crippen LogP contribution in [0.15, 0.2) is 54.6 Å². The average Bonchev–Trinajstić information content (AvgIpc) is 3.22. The molecular weight excluding hydrogens is 338 g/mol. The SMILES string of the molecule is CC(C)(C(=O)NCc1ccccc1)C(=O)Nc1ccc(N2CCCC2)cc1. The fourth-order valence-corrected chi connectivity index (χ4v) is 3.12. The molecule has 0 bridgehead atoms. The summed E-state index contributed by atoms with van der Waals surface area (Å²) in [7, 11) is 0. The second-order valence-corrected chi connectivity index (χ2v) is 7.49. The lowest BCUT2D eigenvalue weighted by atomic mass is 9.90. The van der Waals surface area contributed by atoms with Crippen LogP contribution >= 0.6 is 0 Å². The molecule has 2 amide bonds. The number of anilines is 2. The zero-order valence-corrected chi connectivity index (χ0v) is 16.0.